The van der Waals surface area contributed by atoms with E-state index in [0.29, 0.717) is 19.5 Å². The number of amides is 1. The molecule has 0 aromatic heterocycles. The maximum atomic E-state index is 13.1. The first-order valence-corrected chi connectivity index (χ1v) is 6.37. The Kier molecular flexibility index (Phi) is 2.82. The van der Waals surface area contributed by atoms with Gasteiger partial charge in [0.1, 0.15) is 5.82 Å². The molecule has 1 amide bonds. The standard InChI is InChI=1S/C14H16FNO2/c15-10-3-1-2-9(6-10)12-7-13(12)14(18)16-5-4-11(17)8-16/h1-3,6,11-13,17H,4-5,7-8H2/t11-,12?,13?/m0/s1. The van der Waals surface area contributed by atoms with Crippen molar-refractivity contribution in [2.45, 2.75) is 24.9 Å². The lowest BCUT2D eigenvalue weighted by atomic mass is 10.1. The molecule has 1 saturated heterocycles. The Bertz CT molecular complexity index is 477. The Balaban J connectivity index is 1.65. The normalized spacial score (nSPS) is 30.6. The molecule has 0 bridgehead atoms. The van der Waals surface area contributed by atoms with E-state index >= 15 is 0 Å². The number of halogens is 1. The minimum atomic E-state index is -0.375. The Labute approximate surface area is 105 Å². The predicted molar refractivity (Wildman–Crippen MR) is 64.5 cm³/mol. The van der Waals surface area contributed by atoms with E-state index < -0.39 is 0 Å². The Hall–Kier alpha value is -1.42. The van der Waals surface area contributed by atoms with Gasteiger partial charge in [0.15, 0.2) is 0 Å². The first-order chi connectivity index (χ1) is 8.65. The second kappa shape index (κ2) is 4.35. The van der Waals surface area contributed by atoms with Crippen molar-refractivity contribution in [3.63, 3.8) is 0 Å². The molecular formula is C14H16FNO2. The van der Waals surface area contributed by atoms with Crippen LogP contribution >= 0.6 is 0 Å². The highest BCUT2D eigenvalue weighted by Gasteiger charge is 2.46. The van der Waals surface area contributed by atoms with Crippen molar-refractivity contribution < 1.29 is 14.3 Å². The summed E-state index contributed by atoms with van der Waals surface area (Å²) in [6, 6.07) is 6.49. The molecule has 3 rings (SSSR count). The first-order valence-electron chi connectivity index (χ1n) is 6.37. The maximum absolute atomic E-state index is 13.1. The van der Waals surface area contributed by atoms with Gasteiger partial charge >= 0.3 is 0 Å². The van der Waals surface area contributed by atoms with Gasteiger partial charge in [-0.2, -0.15) is 0 Å². The Morgan fingerprint density at radius 1 is 1.44 bits per heavy atom. The summed E-state index contributed by atoms with van der Waals surface area (Å²) in [6.07, 6.45) is 1.10. The zero-order chi connectivity index (χ0) is 12.7. The first kappa shape index (κ1) is 11.7. The summed E-state index contributed by atoms with van der Waals surface area (Å²) < 4.78 is 13.1. The zero-order valence-corrected chi connectivity index (χ0v) is 10.1. The van der Waals surface area contributed by atoms with E-state index in [1.807, 2.05) is 6.07 Å². The zero-order valence-electron chi connectivity index (χ0n) is 10.1. The topological polar surface area (TPSA) is 40.5 Å². The van der Waals surface area contributed by atoms with Crippen LogP contribution in [0.15, 0.2) is 24.3 Å². The monoisotopic (exact) mass is 249 g/mol. The van der Waals surface area contributed by atoms with Crippen LogP contribution in [0.4, 0.5) is 4.39 Å². The molecule has 0 radical (unpaired) electrons. The fourth-order valence-corrected chi connectivity index (χ4v) is 2.75. The number of carbonyl (C=O) groups excluding carboxylic acids is 1. The number of carbonyl (C=O) groups is 1. The van der Waals surface area contributed by atoms with E-state index in [4.69, 9.17) is 0 Å². The molecular weight excluding hydrogens is 233 g/mol. The van der Waals surface area contributed by atoms with Gasteiger partial charge in [-0.05, 0) is 36.5 Å². The van der Waals surface area contributed by atoms with Crippen LogP contribution in [-0.2, 0) is 4.79 Å². The van der Waals surface area contributed by atoms with Crippen LogP contribution in [-0.4, -0.2) is 35.1 Å². The van der Waals surface area contributed by atoms with E-state index in [-0.39, 0.29) is 29.7 Å². The van der Waals surface area contributed by atoms with E-state index in [2.05, 4.69) is 0 Å². The predicted octanol–water partition coefficient (Wildman–Crippen LogP) is 1.52. The van der Waals surface area contributed by atoms with Crippen LogP contribution in [0.3, 0.4) is 0 Å². The smallest absolute Gasteiger partial charge is 0.226 e. The van der Waals surface area contributed by atoms with Crippen LogP contribution < -0.4 is 0 Å². The molecule has 1 saturated carbocycles. The van der Waals surface area contributed by atoms with Crippen molar-refractivity contribution in [2.75, 3.05) is 13.1 Å². The molecule has 18 heavy (non-hydrogen) atoms. The molecule has 1 aromatic carbocycles. The number of benzene rings is 1. The highest BCUT2D eigenvalue weighted by atomic mass is 19.1. The summed E-state index contributed by atoms with van der Waals surface area (Å²) in [7, 11) is 0. The van der Waals surface area contributed by atoms with Crippen LogP contribution in [0.25, 0.3) is 0 Å². The highest BCUT2D eigenvalue weighted by molar-refractivity contribution is 5.83. The van der Waals surface area contributed by atoms with Crippen molar-refractivity contribution in [1.82, 2.24) is 4.90 Å². The molecule has 1 heterocycles. The molecule has 3 nitrogen and oxygen atoms in total. The summed E-state index contributed by atoms with van der Waals surface area (Å²) in [5.41, 5.74) is 0.910. The van der Waals surface area contributed by atoms with Crippen LogP contribution in [0.5, 0.6) is 0 Å². The average Bonchev–Trinajstić information content (AvgIpc) is 3.04. The number of hydrogen-bond acceptors (Lipinski definition) is 2. The molecule has 1 aliphatic carbocycles. The third kappa shape index (κ3) is 2.12. The number of aliphatic hydroxyl groups excluding tert-OH is 1. The van der Waals surface area contributed by atoms with E-state index in [0.717, 1.165) is 12.0 Å². The van der Waals surface area contributed by atoms with Crippen molar-refractivity contribution in [3.8, 4) is 0 Å². The van der Waals surface area contributed by atoms with Crippen LogP contribution in [0, 0.1) is 11.7 Å². The number of rotatable bonds is 2. The maximum Gasteiger partial charge on any atom is 0.226 e. The molecule has 0 spiro atoms. The second-order valence-electron chi connectivity index (χ2n) is 5.23. The third-order valence-corrected chi connectivity index (χ3v) is 3.86. The third-order valence-electron chi connectivity index (χ3n) is 3.86. The molecule has 2 unspecified atom stereocenters. The SMILES string of the molecule is O=C(C1CC1c1cccc(F)c1)N1CC[C@H](O)C1. The molecule has 2 fully saturated rings. The second-order valence-corrected chi connectivity index (χ2v) is 5.23. The minimum Gasteiger partial charge on any atom is -0.391 e. The molecule has 1 aliphatic heterocycles. The molecule has 96 valence electrons. The number of nitrogens with zero attached hydrogens (tertiary/aromatic N) is 1. The summed E-state index contributed by atoms with van der Waals surface area (Å²) in [5, 5.41) is 9.43. The lowest BCUT2D eigenvalue weighted by molar-refractivity contribution is -0.131. The lowest BCUT2D eigenvalue weighted by Crippen LogP contribution is -2.31. The van der Waals surface area contributed by atoms with Gasteiger partial charge in [0.25, 0.3) is 0 Å². The minimum absolute atomic E-state index is 0.0166. The number of hydrogen-bond donors (Lipinski definition) is 1. The molecule has 1 aromatic rings. The van der Waals surface area contributed by atoms with Crippen molar-refractivity contribution in [1.29, 1.82) is 0 Å². The van der Waals surface area contributed by atoms with Gasteiger partial charge in [0.2, 0.25) is 5.91 Å². The van der Waals surface area contributed by atoms with Crippen molar-refractivity contribution >= 4 is 5.91 Å². The number of β-amino-alcohol motifs (C(OH)–C–C–N with tert-alkyl or cyclic N) is 1. The number of aliphatic hydroxyl groups is 1. The fraction of sp³-hybridized carbons (Fsp3) is 0.500. The van der Waals surface area contributed by atoms with Gasteiger partial charge in [0.05, 0.1) is 6.10 Å². The van der Waals surface area contributed by atoms with Crippen LogP contribution in [0.1, 0.15) is 24.3 Å². The van der Waals surface area contributed by atoms with Crippen LogP contribution in [0.2, 0.25) is 0 Å². The average molecular weight is 249 g/mol. The number of likely N-dealkylation sites (tertiary alicyclic amines) is 1. The Morgan fingerprint density at radius 2 is 2.28 bits per heavy atom. The lowest BCUT2D eigenvalue weighted by Gasteiger charge is -2.15. The summed E-state index contributed by atoms with van der Waals surface area (Å²) in [4.78, 5) is 13.9. The van der Waals surface area contributed by atoms with E-state index in [9.17, 15) is 14.3 Å². The van der Waals surface area contributed by atoms with E-state index in [1.54, 1.807) is 11.0 Å². The summed E-state index contributed by atoms with van der Waals surface area (Å²) in [5.74, 6) is 0.00560. The van der Waals surface area contributed by atoms with Gasteiger partial charge < -0.3 is 10.0 Å². The van der Waals surface area contributed by atoms with Gasteiger partial charge in [-0.15, -0.1) is 0 Å². The molecule has 3 atom stereocenters. The fourth-order valence-electron chi connectivity index (χ4n) is 2.75. The molecule has 4 heteroatoms. The van der Waals surface area contributed by atoms with Gasteiger partial charge in [-0.1, -0.05) is 12.1 Å². The van der Waals surface area contributed by atoms with E-state index in [1.165, 1.54) is 12.1 Å². The quantitative estimate of drug-likeness (QED) is 0.863. The van der Waals surface area contributed by atoms with Gasteiger partial charge in [-0.3, -0.25) is 4.79 Å². The summed E-state index contributed by atoms with van der Waals surface area (Å²) in [6.45, 7) is 1.09. The molecule has 1 N–H and O–H groups in total. The van der Waals surface area contributed by atoms with Crippen molar-refractivity contribution in [2.24, 2.45) is 5.92 Å². The molecule has 2 aliphatic rings. The van der Waals surface area contributed by atoms with Crippen molar-refractivity contribution in [3.05, 3.63) is 35.6 Å². The van der Waals surface area contributed by atoms with Gasteiger partial charge in [-0.25, -0.2) is 4.39 Å². The largest absolute Gasteiger partial charge is 0.391 e. The highest BCUT2D eigenvalue weighted by Crippen LogP contribution is 2.48. The Morgan fingerprint density at radius 3 is 2.94 bits per heavy atom. The van der Waals surface area contributed by atoms with Gasteiger partial charge in [0, 0.05) is 19.0 Å². The summed E-state index contributed by atoms with van der Waals surface area (Å²) >= 11 is 0.